The fraction of sp³-hybridized carbons (Fsp3) is 0.200. The highest BCUT2D eigenvalue weighted by atomic mass is 16.3. The summed E-state index contributed by atoms with van der Waals surface area (Å²) in [5.74, 6) is 0.560. The van der Waals surface area contributed by atoms with Gasteiger partial charge in [0.1, 0.15) is 17.7 Å². The molecule has 0 aliphatic heterocycles. The number of hydrogen-bond acceptors (Lipinski definition) is 3. The molecule has 4 heteroatoms. The van der Waals surface area contributed by atoms with Crippen molar-refractivity contribution in [1.29, 1.82) is 0 Å². The Morgan fingerprint density at radius 2 is 2.11 bits per heavy atom. The first kappa shape index (κ1) is 11.7. The van der Waals surface area contributed by atoms with Crippen molar-refractivity contribution in [1.82, 2.24) is 9.97 Å². The lowest BCUT2D eigenvalue weighted by Crippen LogP contribution is -2.16. The lowest BCUT2D eigenvalue weighted by atomic mass is 10.1. The van der Waals surface area contributed by atoms with Crippen molar-refractivity contribution in [2.75, 3.05) is 0 Å². The summed E-state index contributed by atoms with van der Waals surface area (Å²) in [6, 6.07) is 7.70. The van der Waals surface area contributed by atoms with E-state index in [0.29, 0.717) is 12.2 Å². The number of aryl methyl sites for hydroxylation is 1. The van der Waals surface area contributed by atoms with Gasteiger partial charge >= 0.3 is 0 Å². The van der Waals surface area contributed by atoms with Gasteiger partial charge in [-0.2, -0.15) is 0 Å². The number of aromatic amines is 1. The van der Waals surface area contributed by atoms with E-state index in [2.05, 4.69) is 9.97 Å². The number of para-hydroxylation sites is 1. The molecule has 4 nitrogen and oxygen atoms in total. The summed E-state index contributed by atoms with van der Waals surface area (Å²) in [4.78, 5) is 19.3. The molecule has 0 bridgehead atoms. The standard InChI is InChI=1S/C15H14N2O2/c1-3-10-9(2)16-14(17-15(10)18)12-8-19-13-7-5-4-6-11(12)13/h4-8H,3H2,1-2H3,(H,16,17,18). The van der Waals surface area contributed by atoms with Gasteiger partial charge in [-0.1, -0.05) is 25.1 Å². The first-order valence-electron chi connectivity index (χ1n) is 6.27. The summed E-state index contributed by atoms with van der Waals surface area (Å²) in [6.45, 7) is 3.81. The Hall–Kier alpha value is -2.36. The Morgan fingerprint density at radius 1 is 1.32 bits per heavy atom. The SMILES string of the molecule is CCc1c(C)nc(-c2coc3ccccc23)[nH]c1=O. The molecular weight excluding hydrogens is 240 g/mol. The molecule has 2 heterocycles. The summed E-state index contributed by atoms with van der Waals surface area (Å²) in [6.07, 6.45) is 2.31. The Labute approximate surface area is 110 Å². The molecule has 0 aliphatic carbocycles. The molecule has 0 unspecified atom stereocenters. The maximum absolute atomic E-state index is 12.0. The zero-order valence-corrected chi connectivity index (χ0v) is 10.9. The molecule has 0 saturated heterocycles. The minimum absolute atomic E-state index is 0.0738. The van der Waals surface area contributed by atoms with Gasteiger partial charge in [0.2, 0.25) is 0 Å². The van der Waals surface area contributed by atoms with Crippen molar-refractivity contribution in [2.45, 2.75) is 20.3 Å². The number of hydrogen-bond donors (Lipinski definition) is 1. The van der Waals surface area contributed by atoms with Crippen molar-refractivity contribution < 1.29 is 4.42 Å². The Kier molecular flexibility index (Phi) is 2.71. The van der Waals surface area contributed by atoms with E-state index in [9.17, 15) is 4.79 Å². The monoisotopic (exact) mass is 254 g/mol. The van der Waals surface area contributed by atoms with Gasteiger partial charge in [0.25, 0.3) is 5.56 Å². The quantitative estimate of drug-likeness (QED) is 0.764. The lowest BCUT2D eigenvalue weighted by molar-refractivity contribution is 0.616. The van der Waals surface area contributed by atoms with E-state index >= 15 is 0 Å². The molecule has 2 aromatic heterocycles. The van der Waals surface area contributed by atoms with Crippen LogP contribution in [0.4, 0.5) is 0 Å². The first-order valence-corrected chi connectivity index (χ1v) is 6.27. The van der Waals surface area contributed by atoms with E-state index in [1.165, 1.54) is 0 Å². The molecule has 3 rings (SSSR count). The van der Waals surface area contributed by atoms with Crippen LogP contribution in [0.2, 0.25) is 0 Å². The molecule has 96 valence electrons. The van der Waals surface area contributed by atoms with Gasteiger partial charge in [0, 0.05) is 16.6 Å². The predicted octanol–water partition coefficient (Wildman–Crippen LogP) is 3.05. The molecule has 0 saturated carbocycles. The maximum Gasteiger partial charge on any atom is 0.254 e. The van der Waals surface area contributed by atoms with Gasteiger partial charge in [-0.25, -0.2) is 4.98 Å². The smallest absolute Gasteiger partial charge is 0.254 e. The van der Waals surface area contributed by atoms with Crippen molar-refractivity contribution in [3.8, 4) is 11.4 Å². The molecule has 19 heavy (non-hydrogen) atoms. The maximum atomic E-state index is 12.0. The fourth-order valence-electron chi connectivity index (χ4n) is 2.32. The van der Waals surface area contributed by atoms with Crippen LogP contribution in [0.15, 0.2) is 39.7 Å². The van der Waals surface area contributed by atoms with Crippen LogP contribution in [-0.2, 0) is 6.42 Å². The largest absolute Gasteiger partial charge is 0.464 e. The minimum Gasteiger partial charge on any atom is -0.464 e. The summed E-state index contributed by atoms with van der Waals surface area (Å²) in [5.41, 5.74) is 3.04. The topological polar surface area (TPSA) is 58.9 Å². The summed E-state index contributed by atoms with van der Waals surface area (Å²) < 4.78 is 5.48. The van der Waals surface area contributed by atoms with Crippen molar-refractivity contribution in [3.05, 3.63) is 52.1 Å². The summed E-state index contributed by atoms with van der Waals surface area (Å²) >= 11 is 0. The molecule has 3 aromatic rings. The molecule has 1 aromatic carbocycles. The molecule has 0 fully saturated rings. The van der Waals surface area contributed by atoms with E-state index in [0.717, 1.165) is 27.8 Å². The zero-order chi connectivity index (χ0) is 13.4. The van der Waals surface area contributed by atoms with Crippen LogP contribution in [-0.4, -0.2) is 9.97 Å². The number of nitrogens with one attached hydrogen (secondary N) is 1. The third kappa shape index (κ3) is 1.85. The average Bonchev–Trinajstić information content (AvgIpc) is 2.82. The van der Waals surface area contributed by atoms with Gasteiger partial charge in [-0.3, -0.25) is 4.79 Å². The highest BCUT2D eigenvalue weighted by Crippen LogP contribution is 2.27. The van der Waals surface area contributed by atoms with E-state index in [1.807, 2.05) is 38.1 Å². The number of H-pyrrole nitrogens is 1. The molecule has 0 spiro atoms. The molecule has 0 atom stereocenters. The second kappa shape index (κ2) is 4.39. The second-order valence-electron chi connectivity index (χ2n) is 4.48. The van der Waals surface area contributed by atoms with Crippen molar-refractivity contribution >= 4 is 11.0 Å². The highest BCUT2D eigenvalue weighted by molar-refractivity contribution is 5.91. The molecular formula is C15H14N2O2. The highest BCUT2D eigenvalue weighted by Gasteiger charge is 2.12. The number of benzene rings is 1. The number of nitrogens with zero attached hydrogens (tertiary/aromatic N) is 1. The Morgan fingerprint density at radius 3 is 2.84 bits per heavy atom. The number of furan rings is 1. The van der Waals surface area contributed by atoms with Crippen LogP contribution >= 0.6 is 0 Å². The lowest BCUT2D eigenvalue weighted by Gasteiger charge is -2.04. The van der Waals surface area contributed by atoms with Gasteiger partial charge < -0.3 is 9.40 Å². The number of aromatic nitrogens is 2. The normalized spacial score (nSPS) is 11.1. The van der Waals surface area contributed by atoms with Crippen molar-refractivity contribution in [2.24, 2.45) is 0 Å². The van der Waals surface area contributed by atoms with E-state index in [-0.39, 0.29) is 5.56 Å². The summed E-state index contributed by atoms with van der Waals surface area (Å²) in [7, 11) is 0. The van der Waals surface area contributed by atoms with E-state index in [1.54, 1.807) is 6.26 Å². The third-order valence-electron chi connectivity index (χ3n) is 3.31. The van der Waals surface area contributed by atoms with Crippen LogP contribution < -0.4 is 5.56 Å². The van der Waals surface area contributed by atoms with Crippen LogP contribution in [0.25, 0.3) is 22.4 Å². The van der Waals surface area contributed by atoms with Crippen LogP contribution in [0.1, 0.15) is 18.2 Å². The molecule has 0 aliphatic rings. The first-order chi connectivity index (χ1) is 9.20. The van der Waals surface area contributed by atoms with E-state index in [4.69, 9.17) is 4.42 Å². The summed E-state index contributed by atoms with van der Waals surface area (Å²) in [5, 5.41) is 0.953. The molecule has 0 radical (unpaired) electrons. The van der Waals surface area contributed by atoms with Gasteiger partial charge in [0.05, 0.1) is 5.56 Å². The second-order valence-corrected chi connectivity index (χ2v) is 4.48. The minimum atomic E-state index is -0.0738. The van der Waals surface area contributed by atoms with Gasteiger partial charge in [-0.05, 0) is 19.4 Å². The van der Waals surface area contributed by atoms with Gasteiger partial charge in [0.15, 0.2) is 0 Å². The van der Waals surface area contributed by atoms with Gasteiger partial charge in [-0.15, -0.1) is 0 Å². The van der Waals surface area contributed by atoms with Crippen molar-refractivity contribution in [3.63, 3.8) is 0 Å². The predicted molar refractivity (Wildman–Crippen MR) is 74.2 cm³/mol. The average molecular weight is 254 g/mol. The zero-order valence-electron chi connectivity index (χ0n) is 10.9. The Bertz CT molecular complexity index is 799. The Balaban J connectivity index is 2.25. The number of rotatable bonds is 2. The molecule has 0 amide bonds. The molecule has 1 N–H and O–H groups in total. The van der Waals surface area contributed by atoms with Crippen LogP contribution in [0.5, 0.6) is 0 Å². The van der Waals surface area contributed by atoms with Crippen LogP contribution in [0, 0.1) is 6.92 Å². The number of fused-ring (bicyclic) bond motifs is 1. The third-order valence-corrected chi connectivity index (χ3v) is 3.31. The van der Waals surface area contributed by atoms with Crippen LogP contribution in [0.3, 0.4) is 0 Å². The van der Waals surface area contributed by atoms with E-state index < -0.39 is 0 Å². The fourth-order valence-corrected chi connectivity index (χ4v) is 2.32.